The fourth-order valence-electron chi connectivity index (χ4n) is 1.72. The van der Waals surface area contributed by atoms with Crippen LogP contribution in [0.1, 0.15) is 18.9 Å². The van der Waals surface area contributed by atoms with Crippen molar-refractivity contribution < 1.29 is 9.47 Å². The van der Waals surface area contributed by atoms with Gasteiger partial charge >= 0.3 is 0 Å². The first kappa shape index (κ1) is 9.13. The molecule has 0 saturated heterocycles. The molecule has 0 spiro atoms. The molecule has 0 N–H and O–H groups in total. The monoisotopic (exact) mass is 190 g/mol. The highest BCUT2D eigenvalue weighted by Crippen LogP contribution is 2.39. The molecule has 0 fully saturated rings. The minimum atomic E-state index is 0.136. The topological polar surface area (TPSA) is 18.5 Å². The van der Waals surface area contributed by atoms with Crippen LogP contribution in [-0.2, 0) is 0 Å². The maximum atomic E-state index is 5.71. The van der Waals surface area contributed by atoms with Gasteiger partial charge in [0.05, 0.1) is 7.11 Å². The normalized spacial score (nSPS) is 19.0. The van der Waals surface area contributed by atoms with Crippen molar-refractivity contribution in [2.45, 2.75) is 19.4 Å². The number of methoxy groups -OCH3 is 1. The number of benzene rings is 1. The van der Waals surface area contributed by atoms with Gasteiger partial charge in [0.15, 0.2) is 0 Å². The van der Waals surface area contributed by atoms with Gasteiger partial charge in [-0.1, -0.05) is 13.5 Å². The summed E-state index contributed by atoms with van der Waals surface area (Å²) in [6.45, 7) is 6.14. The molecule has 1 aliphatic heterocycles. The van der Waals surface area contributed by atoms with Crippen LogP contribution in [0.3, 0.4) is 0 Å². The fourth-order valence-corrected chi connectivity index (χ4v) is 1.72. The molecule has 74 valence electrons. The molecule has 0 aromatic heterocycles. The van der Waals surface area contributed by atoms with E-state index >= 15 is 0 Å². The molecule has 2 rings (SSSR count). The zero-order chi connectivity index (χ0) is 10.1. The van der Waals surface area contributed by atoms with Gasteiger partial charge in [0.2, 0.25) is 0 Å². The van der Waals surface area contributed by atoms with Gasteiger partial charge in [-0.15, -0.1) is 0 Å². The lowest BCUT2D eigenvalue weighted by Crippen LogP contribution is -2.08. The van der Waals surface area contributed by atoms with E-state index in [-0.39, 0.29) is 6.10 Å². The summed E-state index contributed by atoms with van der Waals surface area (Å²) >= 11 is 0. The van der Waals surface area contributed by atoms with Crippen molar-refractivity contribution >= 4 is 5.57 Å². The zero-order valence-corrected chi connectivity index (χ0v) is 8.54. The molecule has 0 aliphatic carbocycles. The van der Waals surface area contributed by atoms with Crippen LogP contribution in [0.25, 0.3) is 5.57 Å². The summed E-state index contributed by atoms with van der Waals surface area (Å²) in [6.07, 6.45) is 1.09. The lowest BCUT2D eigenvalue weighted by molar-refractivity contribution is 0.272. The standard InChI is InChI=1S/C12H14O2/c1-4-11-8(2)10-7-9(13-3)5-6-12(10)14-11/h5-7,11H,2,4H2,1,3H3. The van der Waals surface area contributed by atoms with Crippen LogP contribution in [0.15, 0.2) is 24.8 Å². The first-order valence-electron chi connectivity index (χ1n) is 4.80. The number of fused-ring (bicyclic) bond motifs is 1. The van der Waals surface area contributed by atoms with Crippen molar-refractivity contribution in [2.75, 3.05) is 7.11 Å². The number of rotatable bonds is 2. The molecular weight excluding hydrogens is 176 g/mol. The van der Waals surface area contributed by atoms with Crippen LogP contribution in [-0.4, -0.2) is 13.2 Å². The van der Waals surface area contributed by atoms with E-state index in [9.17, 15) is 0 Å². The van der Waals surface area contributed by atoms with Crippen molar-refractivity contribution in [1.29, 1.82) is 0 Å². The molecule has 1 heterocycles. The molecule has 2 heteroatoms. The Labute approximate surface area is 84.2 Å². The second kappa shape index (κ2) is 3.37. The number of hydrogen-bond acceptors (Lipinski definition) is 2. The van der Waals surface area contributed by atoms with Crippen molar-refractivity contribution in [1.82, 2.24) is 0 Å². The Morgan fingerprint density at radius 2 is 2.29 bits per heavy atom. The van der Waals surface area contributed by atoms with Gasteiger partial charge in [-0.2, -0.15) is 0 Å². The molecule has 14 heavy (non-hydrogen) atoms. The smallest absolute Gasteiger partial charge is 0.128 e. The molecule has 1 aromatic rings. The van der Waals surface area contributed by atoms with Crippen molar-refractivity contribution in [3.63, 3.8) is 0 Å². The van der Waals surface area contributed by atoms with Crippen LogP contribution < -0.4 is 9.47 Å². The van der Waals surface area contributed by atoms with Gasteiger partial charge in [0.25, 0.3) is 0 Å². The zero-order valence-electron chi connectivity index (χ0n) is 8.54. The summed E-state index contributed by atoms with van der Waals surface area (Å²) in [4.78, 5) is 0. The fraction of sp³-hybridized carbons (Fsp3) is 0.333. The van der Waals surface area contributed by atoms with Crippen molar-refractivity contribution in [3.05, 3.63) is 30.3 Å². The summed E-state index contributed by atoms with van der Waals surface area (Å²) in [6, 6.07) is 5.83. The Balaban J connectivity index is 2.40. The first-order chi connectivity index (χ1) is 6.76. The van der Waals surface area contributed by atoms with Gasteiger partial charge in [0, 0.05) is 5.56 Å². The lowest BCUT2D eigenvalue weighted by atomic mass is 10.0. The second-order valence-corrected chi connectivity index (χ2v) is 3.40. The van der Waals surface area contributed by atoms with Crippen LogP contribution in [0, 0.1) is 0 Å². The second-order valence-electron chi connectivity index (χ2n) is 3.40. The molecule has 1 aromatic carbocycles. The van der Waals surface area contributed by atoms with E-state index in [0.717, 1.165) is 29.1 Å². The van der Waals surface area contributed by atoms with E-state index in [4.69, 9.17) is 9.47 Å². The Morgan fingerprint density at radius 3 is 2.93 bits per heavy atom. The molecule has 1 aliphatic rings. The summed E-state index contributed by atoms with van der Waals surface area (Å²) in [5.74, 6) is 1.77. The van der Waals surface area contributed by atoms with Gasteiger partial charge in [-0.3, -0.25) is 0 Å². The van der Waals surface area contributed by atoms with Crippen LogP contribution in [0.5, 0.6) is 11.5 Å². The molecule has 1 atom stereocenters. The molecule has 0 amide bonds. The van der Waals surface area contributed by atoms with E-state index in [2.05, 4.69) is 13.5 Å². The third kappa shape index (κ3) is 1.27. The van der Waals surface area contributed by atoms with Crippen LogP contribution in [0.4, 0.5) is 0 Å². The van der Waals surface area contributed by atoms with Crippen molar-refractivity contribution in [3.8, 4) is 11.5 Å². The largest absolute Gasteiger partial charge is 0.497 e. The molecule has 0 saturated carbocycles. The third-order valence-electron chi connectivity index (χ3n) is 2.56. The van der Waals surface area contributed by atoms with Crippen molar-refractivity contribution in [2.24, 2.45) is 0 Å². The highest BCUT2D eigenvalue weighted by atomic mass is 16.5. The Hall–Kier alpha value is -1.44. The minimum absolute atomic E-state index is 0.136. The average molecular weight is 190 g/mol. The maximum absolute atomic E-state index is 5.71. The summed E-state index contributed by atoms with van der Waals surface area (Å²) in [5, 5.41) is 0. The maximum Gasteiger partial charge on any atom is 0.128 e. The van der Waals surface area contributed by atoms with Gasteiger partial charge in [0.1, 0.15) is 17.6 Å². The summed E-state index contributed by atoms with van der Waals surface area (Å²) in [7, 11) is 1.66. The Morgan fingerprint density at radius 1 is 1.50 bits per heavy atom. The minimum Gasteiger partial charge on any atom is -0.497 e. The van der Waals surface area contributed by atoms with E-state index in [0.29, 0.717) is 0 Å². The van der Waals surface area contributed by atoms with Gasteiger partial charge in [-0.05, 0) is 30.2 Å². The molecule has 0 radical (unpaired) electrons. The first-order valence-corrected chi connectivity index (χ1v) is 4.80. The molecule has 0 bridgehead atoms. The molecule has 1 unspecified atom stereocenters. The predicted molar refractivity (Wildman–Crippen MR) is 56.7 cm³/mol. The molecule has 2 nitrogen and oxygen atoms in total. The van der Waals surface area contributed by atoms with Crippen LogP contribution >= 0.6 is 0 Å². The third-order valence-corrected chi connectivity index (χ3v) is 2.56. The van der Waals surface area contributed by atoms with E-state index in [1.165, 1.54) is 0 Å². The van der Waals surface area contributed by atoms with Gasteiger partial charge in [-0.25, -0.2) is 0 Å². The Bertz CT molecular complexity index is 369. The average Bonchev–Trinajstić information content (AvgIpc) is 2.55. The molecular formula is C12H14O2. The predicted octanol–water partition coefficient (Wildman–Crippen LogP) is 2.88. The highest BCUT2D eigenvalue weighted by molar-refractivity contribution is 5.76. The summed E-state index contributed by atoms with van der Waals surface area (Å²) < 4.78 is 10.9. The lowest BCUT2D eigenvalue weighted by Gasteiger charge is -2.07. The number of ether oxygens (including phenoxy) is 2. The van der Waals surface area contributed by atoms with E-state index in [1.807, 2.05) is 18.2 Å². The van der Waals surface area contributed by atoms with E-state index in [1.54, 1.807) is 7.11 Å². The Kier molecular flexibility index (Phi) is 2.20. The van der Waals surface area contributed by atoms with E-state index < -0.39 is 0 Å². The summed E-state index contributed by atoms with van der Waals surface area (Å²) in [5.41, 5.74) is 2.14. The van der Waals surface area contributed by atoms with Crippen LogP contribution in [0.2, 0.25) is 0 Å². The number of hydrogen-bond donors (Lipinski definition) is 0. The SMILES string of the molecule is C=C1c2cc(OC)ccc2OC1CC. The quantitative estimate of drug-likeness (QED) is 0.714. The highest BCUT2D eigenvalue weighted by Gasteiger charge is 2.25. The van der Waals surface area contributed by atoms with Gasteiger partial charge < -0.3 is 9.47 Å².